The summed E-state index contributed by atoms with van der Waals surface area (Å²) in [6, 6.07) is 3.41. The number of halogens is 2. The number of hydrazine groups is 1. The van der Waals surface area contributed by atoms with Gasteiger partial charge in [0.2, 0.25) is 11.9 Å². The summed E-state index contributed by atoms with van der Waals surface area (Å²) < 4.78 is 31.0. The molecule has 4 aliphatic heterocycles. The molecule has 6 heterocycles. The summed E-state index contributed by atoms with van der Waals surface area (Å²) in [6.07, 6.45) is 7.16. The van der Waals surface area contributed by atoms with Crippen LogP contribution < -0.4 is 26.5 Å². The number of rotatable bonds is 9. The number of nitrogens with zero attached hydrogens (tertiary/aromatic N) is 10. The third kappa shape index (κ3) is 7.11. The van der Waals surface area contributed by atoms with E-state index < -0.39 is 12.4 Å². The number of carboxylic acids is 1. The monoisotopic (exact) mass is 720 g/mol. The van der Waals surface area contributed by atoms with Crippen LogP contribution in [0.5, 0.6) is 0 Å². The number of carbonyl (C=O) groups is 2. The molecule has 2 fully saturated rings. The summed E-state index contributed by atoms with van der Waals surface area (Å²) in [6.45, 7) is 7.82. The van der Waals surface area contributed by atoms with Gasteiger partial charge in [0.05, 0.1) is 23.8 Å². The van der Waals surface area contributed by atoms with Crippen molar-refractivity contribution in [1.29, 1.82) is 0 Å². The zero-order chi connectivity index (χ0) is 36.5. The van der Waals surface area contributed by atoms with Gasteiger partial charge in [-0.2, -0.15) is 10.2 Å². The van der Waals surface area contributed by atoms with Gasteiger partial charge >= 0.3 is 5.97 Å². The topological polar surface area (TPSA) is 179 Å². The number of anilines is 4. The molecule has 15 nitrogen and oxygen atoms in total. The molecule has 3 aromatic rings. The van der Waals surface area contributed by atoms with Gasteiger partial charge in [-0.1, -0.05) is 0 Å². The fourth-order valence-corrected chi connectivity index (χ4v) is 8.23. The quantitative estimate of drug-likeness (QED) is 0.127. The van der Waals surface area contributed by atoms with Gasteiger partial charge in [0, 0.05) is 94.1 Å². The van der Waals surface area contributed by atoms with Gasteiger partial charge in [-0.05, 0) is 62.1 Å². The zero-order valence-electron chi connectivity index (χ0n) is 29.4. The van der Waals surface area contributed by atoms with Crippen molar-refractivity contribution in [3.8, 4) is 0 Å². The first-order valence-corrected chi connectivity index (χ1v) is 18.0. The van der Waals surface area contributed by atoms with E-state index in [1.54, 1.807) is 13.0 Å². The number of carbonyl (C=O) groups excluding carboxylic acids is 1. The van der Waals surface area contributed by atoms with Crippen LogP contribution in [0.25, 0.3) is 0 Å². The Bertz CT molecular complexity index is 1800. The highest BCUT2D eigenvalue weighted by molar-refractivity contribution is 5.87. The van der Waals surface area contributed by atoms with Crippen LogP contribution in [-0.4, -0.2) is 98.7 Å². The Hall–Kier alpha value is -4.90. The van der Waals surface area contributed by atoms with E-state index in [-0.39, 0.29) is 28.8 Å². The number of alkyl halides is 2. The second kappa shape index (κ2) is 15.0. The predicted octanol–water partition coefficient (Wildman–Crippen LogP) is 3.43. The number of piperidine rings is 2. The molecule has 0 bridgehead atoms. The molecule has 2 saturated heterocycles. The maximum atomic E-state index is 14.4. The lowest BCUT2D eigenvalue weighted by Gasteiger charge is -2.38. The fraction of sp³-hybridized carbons (Fsp3) is 0.543. The number of hydrogen-bond donors (Lipinski definition) is 3. The normalized spacial score (nSPS) is 19.0. The largest absolute Gasteiger partial charge is 0.478 e. The van der Waals surface area contributed by atoms with Crippen LogP contribution in [0.3, 0.4) is 0 Å². The number of aromatic carboxylic acids is 1. The Morgan fingerprint density at radius 1 is 1.06 bits per heavy atom. The molecule has 1 amide bonds. The van der Waals surface area contributed by atoms with E-state index in [9.17, 15) is 18.4 Å². The molecule has 0 radical (unpaired) electrons. The van der Waals surface area contributed by atoms with Gasteiger partial charge in [-0.25, -0.2) is 29.4 Å². The highest BCUT2D eigenvalue weighted by atomic mass is 19.3. The van der Waals surface area contributed by atoms with E-state index in [2.05, 4.69) is 34.5 Å². The molecule has 0 atom stereocenters. The van der Waals surface area contributed by atoms with E-state index in [1.165, 1.54) is 18.5 Å². The standard InChI is InChI=1S/C35H46F2N12O3/c1-22(50)46-14-8-29-28(20-46)33(47-9-2-3-24-15-31(48(39)21-42-38)27(32(36)37)16-30(24)47)43-49(29)26-6-10-44(11-7-26)19-23-4-12-45(13-5-23)35-40-17-25(18-41-35)34(51)52/h15-18,21,23,26,32H,2-14,19-20,38-39H2,1H3,(H,51,52)/b42-21-. The first-order valence-electron chi connectivity index (χ1n) is 18.0. The van der Waals surface area contributed by atoms with E-state index in [0.29, 0.717) is 50.0 Å². The Labute approximate surface area is 300 Å². The van der Waals surface area contributed by atoms with Gasteiger partial charge in [0.25, 0.3) is 6.43 Å². The summed E-state index contributed by atoms with van der Waals surface area (Å²) >= 11 is 0. The van der Waals surface area contributed by atoms with Crippen molar-refractivity contribution in [2.75, 3.05) is 60.6 Å². The molecule has 2 aromatic heterocycles. The summed E-state index contributed by atoms with van der Waals surface area (Å²) in [5.41, 5.74) is 3.70. The van der Waals surface area contributed by atoms with Crippen molar-refractivity contribution in [1.82, 2.24) is 29.5 Å². The Balaban J connectivity index is 1.07. The number of benzene rings is 1. The Morgan fingerprint density at radius 3 is 2.44 bits per heavy atom. The Morgan fingerprint density at radius 2 is 1.79 bits per heavy atom. The summed E-state index contributed by atoms with van der Waals surface area (Å²) in [5.74, 6) is 12.1. The average molecular weight is 721 g/mol. The molecular formula is C35H46F2N12O3. The molecule has 7 rings (SSSR count). The molecule has 278 valence electrons. The van der Waals surface area contributed by atoms with Crippen molar-refractivity contribution in [3.63, 3.8) is 0 Å². The van der Waals surface area contributed by atoms with E-state index in [4.69, 9.17) is 21.9 Å². The fourth-order valence-electron chi connectivity index (χ4n) is 8.23. The molecule has 0 aliphatic carbocycles. The molecule has 4 aliphatic rings. The summed E-state index contributed by atoms with van der Waals surface area (Å²) in [5, 5.41) is 18.8. The molecule has 17 heteroatoms. The predicted molar refractivity (Wildman–Crippen MR) is 192 cm³/mol. The lowest BCUT2D eigenvalue weighted by Crippen LogP contribution is -2.42. The van der Waals surface area contributed by atoms with E-state index >= 15 is 0 Å². The van der Waals surface area contributed by atoms with Crippen LogP contribution in [-0.2, 0) is 24.2 Å². The Kier molecular flexibility index (Phi) is 10.2. The highest BCUT2D eigenvalue weighted by Crippen LogP contribution is 2.43. The second-order valence-corrected chi connectivity index (χ2v) is 14.2. The number of amides is 1. The van der Waals surface area contributed by atoms with Crippen molar-refractivity contribution in [3.05, 3.63) is 52.5 Å². The minimum atomic E-state index is -2.77. The van der Waals surface area contributed by atoms with Gasteiger partial charge in [-0.3, -0.25) is 14.5 Å². The van der Waals surface area contributed by atoms with Crippen molar-refractivity contribution in [2.24, 2.45) is 22.7 Å². The smallest absolute Gasteiger partial charge is 0.338 e. The first kappa shape index (κ1) is 35.5. The van der Waals surface area contributed by atoms with E-state index in [0.717, 1.165) is 98.8 Å². The van der Waals surface area contributed by atoms with Gasteiger partial charge in [-0.15, -0.1) is 0 Å². The zero-order valence-corrected chi connectivity index (χ0v) is 29.4. The van der Waals surface area contributed by atoms with Gasteiger partial charge in [0.15, 0.2) is 5.82 Å². The van der Waals surface area contributed by atoms with Crippen LogP contribution >= 0.6 is 0 Å². The lowest BCUT2D eigenvalue weighted by atomic mass is 9.94. The van der Waals surface area contributed by atoms with E-state index in [1.807, 2.05) is 4.90 Å². The first-order chi connectivity index (χ1) is 25.1. The average Bonchev–Trinajstić information content (AvgIpc) is 3.53. The number of nitrogens with two attached hydrogens (primary N) is 2. The van der Waals surface area contributed by atoms with Gasteiger partial charge in [0.1, 0.15) is 6.34 Å². The molecule has 1 aromatic carbocycles. The number of likely N-dealkylation sites (tertiary alicyclic amines) is 1. The molecular weight excluding hydrogens is 674 g/mol. The molecule has 5 N–H and O–H groups in total. The molecule has 52 heavy (non-hydrogen) atoms. The molecule has 0 unspecified atom stereocenters. The summed E-state index contributed by atoms with van der Waals surface area (Å²) in [7, 11) is 0. The summed E-state index contributed by atoms with van der Waals surface area (Å²) in [4.78, 5) is 40.8. The second-order valence-electron chi connectivity index (χ2n) is 14.2. The highest BCUT2D eigenvalue weighted by Gasteiger charge is 2.35. The maximum Gasteiger partial charge on any atom is 0.338 e. The minimum absolute atomic E-state index is 0.000359. The number of aromatic nitrogens is 4. The lowest BCUT2D eigenvalue weighted by molar-refractivity contribution is -0.129. The van der Waals surface area contributed by atoms with Crippen molar-refractivity contribution in [2.45, 2.75) is 70.9 Å². The maximum absolute atomic E-state index is 14.4. The van der Waals surface area contributed by atoms with Crippen LogP contribution in [0.1, 0.15) is 84.2 Å². The number of aryl methyl sites for hydroxylation is 1. The van der Waals surface area contributed by atoms with Crippen LogP contribution in [0.15, 0.2) is 29.6 Å². The molecule has 0 spiro atoms. The number of carboxylic acid groups (broad SMARTS) is 1. The minimum Gasteiger partial charge on any atom is -0.478 e. The van der Waals surface area contributed by atoms with Gasteiger partial charge < -0.3 is 30.5 Å². The van der Waals surface area contributed by atoms with Crippen molar-refractivity contribution >= 4 is 41.4 Å². The third-order valence-electron chi connectivity index (χ3n) is 11.0. The van der Waals surface area contributed by atoms with Crippen LogP contribution in [0.4, 0.5) is 31.9 Å². The van der Waals surface area contributed by atoms with Crippen molar-refractivity contribution < 1.29 is 23.5 Å². The number of fused-ring (bicyclic) bond motifs is 2. The van der Waals surface area contributed by atoms with Crippen LogP contribution in [0, 0.1) is 5.92 Å². The third-order valence-corrected chi connectivity index (χ3v) is 11.0. The SMILES string of the molecule is CC(=O)N1CCc2c(c(N3CCCc4cc(N(N)/C=N\N)c(C(F)F)cc43)nn2C2CCN(CC3CCN(c4ncc(C(=O)O)cn4)CC3)CC2)C1. The molecule has 0 saturated carbocycles. The number of hydrazone groups is 1. The number of hydrogen-bond acceptors (Lipinski definition) is 11. The van der Waals surface area contributed by atoms with Crippen LogP contribution in [0.2, 0.25) is 0 Å².